The van der Waals surface area contributed by atoms with E-state index >= 15 is 0 Å². The van der Waals surface area contributed by atoms with Crippen LogP contribution in [0.1, 0.15) is 25.7 Å². The summed E-state index contributed by atoms with van der Waals surface area (Å²) in [5.41, 5.74) is 0. The summed E-state index contributed by atoms with van der Waals surface area (Å²) in [6, 6.07) is 3.88. The number of anilines is 1. The van der Waals surface area contributed by atoms with E-state index in [1.54, 1.807) is 6.20 Å². The molecule has 0 aliphatic carbocycles. The molecular formula is C16H25N5O. The lowest BCUT2D eigenvalue weighted by Gasteiger charge is -2.35. The zero-order chi connectivity index (χ0) is 15.2. The normalized spacial score (nSPS) is 20.2. The fourth-order valence-corrected chi connectivity index (χ4v) is 3.30. The van der Waals surface area contributed by atoms with Crippen molar-refractivity contribution in [3.05, 3.63) is 18.3 Å². The van der Waals surface area contributed by atoms with Gasteiger partial charge in [-0.2, -0.15) is 5.10 Å². The summed E-state index contributed by atoms with van der Waals surface area (Å²) >= 11 is 0. The number of hydrogen-bond acceptors (Lipinski definition) is 5. The molecule has 1 aromatic rings. The molecule has 0 spiro atoms. The van der Waals surface area contributed by atoms with Crippen LogP contribution in [0.15, 0.2) is 18.3 Å². The molecule has 2 saturated heterocycles. The number of carbonyl (C=O) groups is 1. The van der Waals surface area contributed by atoms with Crippen LogP contribution in [0.3, 0.4) is 0 Å². The number of carbonyl (C=O) groups excluding carboxylic acids is 1. The minimum absolute atomic E-state index is 0.317. The van der Waals surface area contributed by atoms with Crippen molar-refractivity contribution >= 4 is 11.7 Å². The van der Waals surface area contributed by atoms with Crippen LogP contribution in [-0.4, -0.2) is 60.3 Å². The molecule has 1 aromatic heterocycles. The third-order valence-corrected chi connectivity index (χ3v) is 4.74. The summed E-state index contributed by atoms with van der Waals surface area (Å²) in [5.74, 6) is 1.95. The number of nitrogens with one attached hydrogen (secondary N) is 1. The molecule has 2 fully saturated rings. The van der Waals surface area contributed by atoms with Crippen LogP contribution in [0.4, 0.5) is 5.82 Å². The lowest BCUT2D eigenvalue weighted by molar-refractivity contribution is -0.131. The zero-order valence-corrected chi connectivity index (χ0v) is 13.1. The molecule has 0 radical (unpaired) electrons. The van der Waals surface area contributed by atoms with Gasteiger partial charge in [-0.15, -0.1) is 5.10 Å². The van der Waals surface area contributed by atoms with E-state index < -0.39 is 0 Å². The SMILES string of the molecule is O=C(CCC1CCNCC1)N1CCN(c2cccnn2)CC1. The van der Waals surface area contributed by atoms with Crippen LogP contribution >= 0.6 is 0 Å². The van der Waals surface area contributed by atoms with Gasteiger partial charge in [0.1, 0.15) is 0 Å². The number of rotatable bonds is 4. The van der Waals surface area contributed by atoms with Gasteiger partial charge >= 0.3 is 0 Å². The Balaban J connectivity index is 1.41. The van der Waals surface area contributed by atoms with Crippen LogP contribution in [0.25, 0.3) is 0 Å². The number of nitrogens with zero attached hydrogens (tertiary/aromatic N) is 4. The second-order valence-electron chi connectivity index (χ2n) is 6.18. The molecular weight excluding hydrogens is 278 g/mol. The molecule has 6 heteroatoms. The Hall–Kier alpha value is -1.69. The van der Waals surface area contributed by atoms with E-state index in [9.17, 15) is 4.79 Å². The van der Waals surface area contributed by atoms with Crippen molar-refractivity contribution in [2.24, 2.45) is 5.92 Å². The lowest BCUT2D eigenvalue weighted by atomic mass is 9.93. The Morgan fingerprint density at radius 2 is 2.00 bits per heavy atom. The Morgan fingerprint density at radius 3 is 2.68 bits per heavy atom. The van der Waals surface area contributed by atoms with Crippen molar-refractivity contribution < 1.29 is 4.79 Å². The molecule has 0 unspecified atom stereocenters. The molecule has 2 aliphatic rings. The molecule has 120 valence electrons. The average molecular weight is 303 g/mol. The van der Waals surface area contributed by atoms with Gasteiger partial charge < -0.3 is 15.1 Å². The molecule has 22 heavy (non-hydrogen) atoms. The van der Waals surface area contributed by atoms with Gasteiger partial charge in [0.2, 0.25) is 5.91 Å². The van der Waals surface area contributed by atoms with E-state index in [-0.39, 0.29) is 0 Å². The van der Waals surface area contributed by atoms with Crippen molar-refractivity contribution in [2.45, 2.75) is 25.7 Å². The van der Waals surface area contributed by atoms with Crippen molar-refractivity contribution in [1.29, 1.82) is 0 Å². The highest BCUT2D eigenvalue weighted by Gasteiger charge is 2.23. The van der Waals surface area contributed by atoms with Gasteiger partial charge in [0.25, 0.3) is 0 Å². The van der Waals surface area contributed by atoms with Crippen LogP contribution in [0, 0.1) is 5.92 Å². The minimum Gasteiger partial charge on any atom is -0.352 e. The van der Waals surface area contributed by atoms with E-state index in [0.29, 0.717) is 12.3 Å². The highest BCUT2D eigenvalue weighted by molar-refractivity contribution is 5.76. The first-order valence-electron chi connectivity index (χ1n) is 8.34. The molecule has 0 aromatic carbocycles. The third kappa shape index (κ3) is 3.94. The second kappa shape index (κ2) is 7.54. The number of piperazine rings is 1. The Kier molecular flexibility index (Phi) is 5.21. The van der Waals surface area contributed by atoms with Gasteiger partial charge in [-0.1, -0.05) is 0 Å². The molecule has 3 heterocycles. The van der Waals surface area contributed by atoms with Crippen molar-refractivity contribution in [2.75, 3.05) is 44.2 Å². The summed E-state index contributed by atoms with van der Waals surface area (Å²) in [6.07, 6.45) is 5.87. The summed E-state index contributed by atoms with van der Waals surface area (Å²) in [5, 5.41) is 11.4. The molecule has 6 nitrogen and oxygen atoms in total. The predicted molar refractivity (Wildman–Crippen MR) is 85.7 cm³/mol. The highest BCUT2D eigenvalue weighted by Crippen LogP contribution is 2.19. The molecule has 0 atom stereocenters. The average Bonchev–Trinajstić information content (AvgIpc) is 2.61. The van der Waals surface area contributed by atoms with E-state index in [2.05, 4.69) is 20.4 Å². The smallest absolute Gasteiger partial charge is 0.222 e. The summed E-state index contributed by atoms with van der Waals surface area (Å²) < 4.78 is 0. The first-order valence-corrected chi connectivity index (χ1v) is 8.34. The Bertz CT molecular complexity index is 467. The fraction of sp³-hybridized carbons (Fsp3) is 0.688. The van der Waals surface area contributed by atoms with Crippen LogP contribution in [0.5, 0.6) is 0 Å². The standard InChI is InChI=1S/C16H25N5O/c22-16(4-3-14-5-8-17-9-6-14)21-12-10-20(11-13-21)15-2-1-7-18-19-15/h1-2,7,14,17H,3-6,8-13H2. The minimum atomic E-state index is 0.317. The summed E-state index contributed by atoms with van der Waals surface area (Å²) in [7, 11) is 0. The number of aromatic nitrogens is 2. The van der Waals surface area contributed by atoms with Crippen LogP contribution in [-0.2, 0) is 4.79 Å². The molecule has 2 aliphatic heterocycles. The molecule has 3 rings (SSSR count). The van der Waals surface area contributed by atoms with Crippen LogP contribution < -0.4 is 10.2 Å². The van der Waals surface area contributed by atoms with E-state index in [0.717, 1.165) is 57.4 Å². The summed E-state index contributed by atoms with van der Waals surface area (Å²) in [6.45, 7) is 5.49. The highest BCUT2D eigenvalue weighted by atomic mass is 16.2. The van der Waals surface area contributed by atoms with E-state index in [4.69, 9.17) is 0 Å². The van der Waals surface area contributed by atoms with Gasteiger partial charge in [-0.25, -0.2) is 0 Å². The third-order valence-electron chi connectivity index (χ3n) is 4.74. The Labute approximate surface area is 131 Å². The first-order chi connectivity index (χ1) is 10.8. The maximum Gasteiger partial charge on any atom is 0.222 e. The maximum atomic E-state index is 12.3. The molecule has 0 bridgehead atoms. The van der Waals surface area contributed by atoms with Gasteiger partial charge in [0.15, 0.2) is 5.82 Å². The Morgan fingerprint density at radius 1 is 1.23 bits per heavy atom. The largest absolute Gasteiger partial charge is 0.352 e. The zero-order valence-electron chi connectivity index (χ0n) is 13.1. The number of amides is 1. The molecule has 1 N–H and O–H groups in total. The molecule has 0 saturated carbocycles. The topological polar surface area (TPSA) is 61.4 Å². The fourth-order valence-electron chi connectivity index (χ4n) is 3.30. The van der Waals surface area contributed by atoms with Crippen molar-refractivity contribution in [3.8, 4) is 0 Å². The predicted octanol–water partition coefficient (Wildman–Crippen LogP) is 0.905. The monoisotopic (exact) mass is 303 g/mol. The van der Waals surface area contributed by atoms with Gasteiger partial charge in [-0.05, 0) is 50.4 Å². The maximum absolute atomic E-state index is 12.3. The van der Waals surface area contributed by atoms with Crippen molar-refractivity contribution in [3.63, 3.8) is 0 Å². The summed E-state index contributed by atoms with van der Waals surface area (Å²) in [4.78, 5) is 16.6. The van der Waals surface area contributed by atoms with Crippen molar-refractivity contribution in [1.82, 2.24) is 20.4 Å². The van der Waals surface area contributed by atoms with Gasteiger partial charge in [0.05, 0.1) is 0 Å². The first kappa shape index (κ1) is 15.2. The quantitative estimate of drug-likeness (QED) is 0.896. The number of piperidine rings is 1. The van der Waals surface area contributed by atoms with E-state index in [1.165, 1.54) is 12.8 Å². The second-order valence-corrected chi connectivity index (χ2v) is 6.18. The van der Waals surface area contributed by atoms with Gasteiger partial charge in [-0.3, -0.25) is 4.79 Å². The van der Waals surface area contributed by atoms with Crippen LogP contribution in [0.2, 0.25) is 0 Å². The number of hydrogen-bond donors (Lipinski definition) is 1. The lowest BCUT2D eigenvalue weighted by Crippen LogP contribution is -2.49. The van der Waals surface area contributed by atoms with Gasteiger partial charge in [0, 0.05) is 38.8 Å². The van der Waals surface area contributed by atoms with E-state index in [1.807, 2.05) is 17.0 Å². The molecule has 1 amide bonds.